The monoisotopic (exact) mass is 376 g/mol. The van der Waals surface area contributed by atoms with Gasteiger partial charge in [0.05, 0.1) is 6.42 Å². The minimum atomic E-state index is 0.249. The fourth-order valence-electron chi connectivity index (χ4n) is 4.64. The Morgan fingerprint density at radius 2 is 2.11 bits per heavy atom. The molecule has 3 aromatic rings. The lowest BCUT2D eigenvalue weighted by Crippen LogP contribution is -2.42. The molecule has 146 valence electrons. The van der Waals surface area contributed by atoms with E-state index in [2.05, 4.69) is 38.5 Å². The van der Waals surface area contributed by atoms with Gasteiger partial charge in [0, 0.05) is 54.5 Å². The van der Waals surface area contributed by atoms with E-state index >= 15 is 0 Å². The molecule has 1 unspecified atom stereocenters. The summed E-state index contributed by atoms with van der Waals surface area (Å²) in [5, 5.41) is 1.16. The van der Waals surface area contributed by atoms with E-state index in [1.165, 1.54) is 30.8 Å². The lowest BCUT2D eigenvalue weighted by molar-refractivity contribution is -0.132. The summed E-state index contributed by atoms with van der Waals surface area (Å²) in [5.41, 5.74) is 3.46. The molecule has 1 atom stereocenters. The second-order valence-corrected chi connectivity index (χ2v) is 8.53. The van der Waals surface area contributed by atoms with Gasteiger partial charge in [0.1, 0.15) is 5.82 Å². The maximum atomic E-state index is 13.0. The van der Waals surface area contributed by atoms with Crippen molar-refractivity contribution in [2.24, 2.45) is 5.92 Å². The molecule has 2 fully saturated rings. The molecule has 1 amide bonds. The number of carbonyl (C=O) groups excluding carboxylic acids is 1. The van der Waals surface area contributed by atoms with Gasteiger partial charge in [0.25, 0.3) is 0 Å². The van der Waals surface area contributed by atoms with Crippen LogP contribution < -0.4 is 0 Å². The summed E-state index contributed by atoms with van der Waals surface area (Å²) in [4.78, 5) is 23.0. The number of H-pyrrole nitrogens is 1. The summed E-state index contributed by atoms with van der Waals surface area (Å²) in [6, 6.07) is 8.21. The van der Waals surface area contributed by atoms with Gasteiger partial charge in [0.15, 0.2) is 0 Å². The number of imidazole rings is 1. The summed E-state index contributed by atoms with van der Waals surface area (Å²) in [6.07, 6.45) is 9.31. The summed E-state index contributed by atoms with van der Waals surface area (Å²) >= 11 is 0. The number of amides is 1. The molecule has 2 aromatic heterocycles. The molecule has 5 rings (SSSR count). The maximum absolute atomic E-state index is 13.0. The highest BCUT2D eigenvalue weighted by molar-refractivity contribution is 5.88. The number of para-hydroxylation sites is 1. The van der Waals surface area contributed by atoms with Crippen LogP contribution in [0.3, 0.4) is 0 Å². The second-order valence-electron chi connectivity index (χ2n) is 8.53. The standard InChI is InChI=1S/C23H28N4O/c1-16-12-25-23(18-8-9-18)27(16)15-17-5-4-10-26(14-17)22(28)11-19-13-24-21-7-3-2-6-20(19)21/h2-3,6-7,12-13,17-18,24H,4-5,8-11,14-15H2,1H3. The van der Waals surface area contributed by atoms with Gasteiger partial charge < -0.3 is 14.5 Å². The highest BCUT2D eigenvalue weighted by Crippen LogP contribution is 2.40. The van der Waals surface area contributed by atoms with Crippen molar-refractivity contribution in [2.45, 2.75) is 51.5 Å². The molecule has 0 spiro atoms. The Bertz CT molecular complexity index is 997. The van der Waals surface area contributed by atoms with Gasteiger partial charge >= 0.3 is 0 Å². The van der Waals surface area contributed by atoms with Gasteiger partial charge in [-0.25, -0.2) is 4.98 Å². The number of aryl methyl sites for hydroxylation is 1. The van der Waals surface area contributed by atoms with Crippen LogP contribution in [0, 0.1) is 12.8 Å². The number of benzene rings is 1. The third kappa shape index (κ3) is 3.34. The molecule has 1 N–H and O–H groups in total. The van der Waals surface area contributed by atoms with Gasteiger partial charge in [-0.15, -0.1) is 0 Å². The summed E-state index contributed by atoms with van der Waals surface area (Å²) in [5.74, 6) is 2.70. The predicted octanol–water partition coefficient (Wildman–Crippen LogP) is 4.03. The minimum Gasteiger partial charge on any atom is -0.361 e. The molecule has 1 aromatic carbocycles. The largest absolute Gasteiger partial charge is 0.361 e. The van der Waals surface area contributed by atoms with Crippen molar-refractivity contribution < 1.29 is 4.79 Å². The number of hydrogen-bond acceptors (Lipinski definition) is 2. The molecule has 5 nitrogen and oxygen atoms in total. The zero-order chi connectivity index (χ0) is 19.1. The van der Waals surface area contributed by atoms with Crippen LogP contribution in [0.25, 0.3) is 10.9 Å². The number of carbonyl (C=O) groups is 1. The molecular formula is C23H28N4O. The van der Waals surface area contributed by atoms with Crippen LogP contribution in [0.5, 0.6) is 0 Å². The lowest BCUT2D eigenvalue weighted by atomic mass is 9.97. The first-order valence-corrected chi connectivity index (χ1v) is 10.5. The Balaban J connectivity index is 1.26. The van der Waals surface area contributed by atoms with Crippen LogP contribution in [0.15, 0.2) is 36.7 Å². The van der Waals surface area contributed by atoms with Gasteiger partial charge in [-0.2, -0.15) is 0 Å². The first-order valence-electron chi connectivity index (χ1n) is 10.5. The van der Waals surface area contributed by atoms with Crippen molar-refractivity contribution >= 4 is 16.8 Å². The first kappa shape index (κ1) is 17.5. The number of nitrogens with one attached hydrogen (secondary N) is 1. The Morgan fingerprint density at radius 1 is 1.25 bits per heavy atom. The predicted molar refractivity (Wildman–Crippen MR) is 110 cm³/mol. The smallest absolute Gasteiger partial charge is 0.227 e. The number of rotatable bonds is 5. The number of likely N-dealkylation sites (tertiary alicyclic amines) is 1. The number of piperidine rings is 1. The van der Waals surface area contributed by atoms with E-state index in [0.717, 1.165) is 42.5 Å². The average Bonchev–Trinajstić information content (AvgIpc) is 3.39. The number of nitrogens with zero attached hydrogens (tertiary/aromatic N) is 3. The molecule has 28 heavy (non-hydrogen) atoms. The van der Waals surface area contributed by atoms with Crippen molar-refractivity contribution in [1.29, 1.82) is 0 Å². The topological polar surface area (TPSA) is 53.9 Å². The Morgan fingerprint density at radius 3 is 2.96 bits per heavy atom. The van der Waals surface area contributed by atoms with Crippen LogP contribution in [0.4, 0.5) is 0 Å². The van der Waals surface area contributed by atoms with Crippen LogP contribution >= 0.6 is 0 Å². The van der Waals surface area contributed by atoms with Crippen molar-refractivity contribution in [2.75, 3.05) is 13.1 Å². The Labute approximate surface area is 165 Å². The molecular weight excluding hydrogens is 348 g/mol. The summed E-state index contributed by atoms with van der Waals surface area (Å²) in [6.45, 7) is 4.90. The molecule has 1 aliphatic heterocycles. The molecule has 2 aliphatic rings. The van der Waals surface area contributed by atoms with E-state index in [1.54, 1.807) is 0 Å². The van der Waals surface area contributed by atoms with Crippen LogP contribution in [-0.4, -0.2) is 38.4 Å². The Kier molecular flexibility index (Phi) is 4.46. The summed E-state index contributed by atoms with van der Waals surface area (Å²) in [7, 11) is 0. The fourth-order valence-corrected chi connectivity index (χ4v) is 4.64. The molecule has 0 radical (unpaired) electrons. The average molecular weight is 377 g/mol. The quantitative estimate of drug-likeness (QED) is 0.731. The molecule has 1 saturated carbocycles. The third-order valence-corrected chi connectivity index (χ3v) is 6.36. The number of aromatic nitrogens is 3. The number of aromatic amines is 1. The normalized spacial score (nSPS) is 20.0. The number of hydrogen-bond donors (Lipinski definition) is 1. The SMILES string of the molecule is Cc1cnc(C2CC2)n1CC1CCCN(C(=O)Cc2c[nH]c3ccccc23)C1. The first-order chi connectivity index (χ1) is 13.7. The molecule has 1 aliphatic carbocycles. The van der Waals surface area contributed by atoms with Crippen LogP contribution in [-0.2, 0) is 17.8 Å². The zero-order valence-corrected chi connectivity index (χ0v) is 16.5. The molecule has 5 heteroatoms. The van der Waals surface area contributed by atoms with Crippen molar-refractivity contribution in [1.82, 2.24) is 19.4 Å². The maximum Gasteiger partial charge on any atom is 0.227 e. The van der Waals surface area contributed by atoms with Crippen LogP contribution in [0.1, 0.15) is 48.7 Å². The number of fused-ring (bicyclic) bond motifs is 1. The van der Waals surface area contributed by atoms with Crippen LogP contribution in [0.2, 0.25) is 0 Å². The van der Waals surface area contributed by atoms with E-state index in [-0.39, 0.29) is 5.91 Å². The lowest BCUT2D eigenvalue weighted by Gasteiger charge is -2.33. The van der Waals surface area contributed by atoms with E-state index in [4.69, 9.17) is 0 Å². The van der Waals surface area contributed by atoms with E-state index in [1.807, 2.05) is 24.5 Å². The fraction of sp³-hybridized carbons (Fsp3) is 0.478. The second kappa shape index (κ2) is 7.12. The highest BCUT2D eigenvalue weighted by atomic mass is 16.2. The van der Waals surface area contributed by atoms with Gasteiger partial charge in [-0.05, 0) is 50.2 Å². The Hall–Kier alpha value is -2.56. The van der Waals surface area contributed by atoms with E-state index < -0.39 is 0 Å². The summed E-state index contributed by atoms with van der Waals surface area (Å²) < 4.78 is 2.41. The molecule has 1 saturated heterocycles. The van der Waals surface area contributed by atoms with Gasteiger partial charge in [-0.1, -0.05) is 18.2 Å². The third-order valence-electron chi connectivity index (χ3n) is 6.36. The molecule has 3 heterocycles. The van der Waals surface area contributed by atoms with E-state index in [9.17, 15) is 4.79 Å². The zero-order valence-electron chi connectivity index (χ0n) is 16.5. The van der Waals surface area contributed by atoms with E-state index in [0.29, 0.717) is 18.3 Å². The van der Waals surface area contributed by atoms with Crippen molar-refractivity contribution in [3.63, 3.8) is 0 Å². The molecule has 0 bridgehead atoms. The van der Waals surface area contributed by atoms with Crippen molar-refractivity contribution in [3.8, 4) is 0 Å². The van der Waals surface area contributed by atoms with Gasteiger partial charge in [-0.3, -0.25) is 4.79 Å². The highest BCUT2D eigenvalue weighted by Gasteiger charge is 2.31. The minimum absolute atomic E-state index is 0.249. The van der Waals surface area contributed by atoms with Gasteiger partial charge in [0.2, 0.25) is 5.91 Å². The van der Waals surface area contributed by atoms with Crippen molar-refractivity contribution in [3.05, 3.63) is 53.7 Å².